The van der Waals surface area contributed by atoms with Gasteiger partial charge in [0.2, 0.25) is 0 Å². The minimum Gasteiger partial charge on any atom is -0.0655 e. The zero-order chi connectivity index (χ0) is 9.57. The maximum atomic E-state index is 2.49. The molecular formula is C12H25B. The molecule has 0 amide bonds. The van der Waals surface area contributed by atoms with Crippen LogP contribution in [0, 0.1) is 0 Å². The molecule has 0 N–H and O–H groups in total. The minimum atomic E-state index is 0.678. The lowest BCUT2D eigenvalue weighted by atomic mass is 9.61. The molecule has 0 aromatic rings. The van der Waals surface area contributed by atoms with Gasteiger partial charge in [0, 0.05) is 0 Å². The van der Waals surface area contributed by atoms with Crippen LogP contribution in [0.2, 0.25) is 5.31 Å². The Bertz CT molecular complexity index is 121. The first-order valence-corrected chi connectivity index (χ1v) is 6.27. The molecule has 0 unspecified atom stereocenters. The number of hydrogen-bond acceptors (Lipinski definition) is 0. The SMILES string of the molecule is BC1(CC)CCCCCCCCC1. The van der Waals surface area contributed by atoms with Crippen LogP contribution in [0.3, 0.4) is 0 Å². The van der Waals surface area contributed by atoms with Gasteiger partial charge in [0.25, 0.3) is 0 Å². The summed E-state index contributed by atoms with van der Waals surface area (Å²) in [7, 11) is 2.49. The van der Waals surface area contributed by atoms with Crippen molar-refractivity contribution >= 4 is 7.85 Å². The van der Waals surface area contributed by atoms with Gasteiger partial charge in [-0.25, -0.2) is 0 Å². The first-order valence-electron chi connectivity index (χ1n) is 6.27. The van der Waals surface area contributed by atoms with Crippen LogP contribution in [-0.2, 0) is 0 Å². The molecule has 1 fully saturated rings. The molecule has 0 radical (unpaired) electrons. The predicted molar refractivity (Wildman–Crippen MR) is 63.1 cm³/mol. The molecule has 76 valence electrons. The molecule has 0 aromatic heterocycles. The van der Waals surface area contributed by atoms with E-state index in [1.54, 1.807) is 0 Å². The molecule has 1 aliphatic carbocycles. The highest BCUT2D eigenvalue weighted by Crippen LogP contribution is 2.39. The van der Waals surface area contributed by atoms with Crippen LogP contribution in [0.1, 0.15) is 71.1 Å². The van der Waals surface area contributed by atoms with E-state index in [0.29, 0.717) is 5.31 Å². The van der Waals surface area contributed by atoms with Crippen molar-refractivity contribution in [2.24, 2.45) is 0 Å². The molecule has 1 rings (SSSR count). The van der Waals surface area contributed by atoms with Gasteiger partial charge in [0.1, 0.15) is 7.85 Å². The first kappa shape index (κ1) is 11.1. The van der Waals surface area contributed by atoms with E-state index in [0.717, 1.165) is 0 Å². The fourth-order valence-electron chi connectivity index (χ4n) is 2.47. The summed E-state index contributed by atoms with van der Waals surface area (Å²) in [6.07, 6.45) is 14.7. The normalized spacial score (nSPS) is 25.3. The van der Waals surface area contributed by atoms with Crippen LogP contribution in [0.4, 0.5) is 0 Å². The molecule has 0 bridgehead atoms. The van der Waals surface area contributed by atoms with Crippen molar-refractivity contribution in [2.75, 3.05) is 0 Å². The Labute approximate surface area is 84.9 Å². The van der Waals surface area contributed by atoms with Crippen molar-refractivity contribution in [2.45, 2.75) is 76.4 Å². The first-order chi connectivity index (χ1) is 6.27. The monoisotopic (exact) mass is 180 g/mol. The van der Waals surface area contributed by atoms with Crippen LogP contribution in [0.5, 0.6) is 0 Å². The largest absolute Gasteiger partial charge is 0.109 e. The van der Waals surface area contributed by atoms with Crippen molar-refractivity contribution in [1.29, 1.82) is 0 Å². The van der Waals surface area contributed by atoms with Crippen LogP contribution in [0.15, 0.2) is 0 Å². The molecule has 0 saturated heterocycles. The van der Waals surface area contributed by atoms with Crippen molar-refractivity contribution < 1.29 is 0 Å². The van der Waals surface area contributed by atoms with Gasteiger partial charge in [-0.1, -0.05) is 76.4 Å². The third-order valence-corrected chi connectivity index (χ3v) is 3.91. The van der Waals surface area contributed by atoms with Gasteiger partial charge in [-0.3, -0.25) is 0 Å². The maximum absolute atomic E-state index is 2.49. The predicted octanol–water partition coefficient (Wildman–Crippen LogP) is 3.71. The average molecular weight is 180 g/mol. The Morgan fingerprint density at radius 1 is 0.846 bits per heavy atom. The smallest absolute Gasteiger partial charge is 0.0655 e. The molecule has 1 aliphatic rings. The molecule has 0 nitrogen and oxygen atoms in total. The second-order valence-electron chi connectivity index (χ2n) is 5.14. The molecule has 1 heteroatoms. The Hall–Kier alpha value is 0.0649. The highest BCUT2D eigenvalue weighted by atomic mass is 14.2. The van der Waals surface area contributed by atoms with E-state index in [2.05, 4.69) is 14.8 Å². The van der Waals surface area contributed by atoms with Crippen LogP contribution in [0.25, 0.3) is 0 Å². The van der Waals surface area contributed by atoms with E-state index in [4.69, 9.17) is 0 Å². The number of rotatable bonds is 1. The summed E-state index contributed by atoms with van der Waals surface area (Å²) in [6, 6.07) is 0. The van der Waals surface area contributed by atoms with Crippen LogP contribution < -0.4 is 0 Å². The highest BCUT2D eigenvalue weighted by molar-refractivity contribution is 6.15. The number of hydrogen-bond donors (Lipinski definition) is 0. The van der Waals surface area contributed by atoms with Gasteiger partial charge in [0.05, 0.1) is 0 Å². The summed E-state index contributed by atoms with van der Waals surface area (Å²) >= 11 is 0. The highest BCUT2D eigenvalue weighted by Gasteiger charge is 2.21. The molecule has 0 atom stereocenters. The Balaban J connectivity index is 2.34. The third-order valence-electron chi connectivity index (χ3n) is 3.91. The summed E-state index contributed by atoms with van der Waals surface area (Å²) in [6.45, 7) is 2.37. The van der Waals surface area contributed by atoms with Gasteiger partial charge in [-0.2, -0.15) is 0 Å². The van der Waals surface area contributed by atoms with Gasteiger partial charge in [-0.15, -0.1) is 0 Å². The molecule has 0 heterocycles. The van der Waals surface area contributed by atoms with Gasteiger partial charge in [0.15, 0.2) is 0 Å². The Morgan fingerprint density at radius 2 is 1.23 bits per heavy atom. The van der Waals surface area contributed by atoms with E-state index in [-0.39, 0.29) is 0 Å². The Morgan fingerprint density at radius 3 is 1.62 bits per heavy atom. The summed E-state index contributed by atoms with van der Waals surface area (Å²) in [4.78, 5) is 0. The Kier molecular flexibility index (Phi) is 4.91. The van der Waals surface area contributed by atoms with Gasteiger partial charge < -0.3 is 0 Å². The molecule has 1 saturated carbocycles. The zero-order valence-electron chi connectivity index (χ0n) is 9.57. The topological polar surface area (TPSA) is 0 Å². The van der Waals surface area contributed by atoms with Crippen LogP contribution >= 0.6 is 0 Å². The van der Waals surface area contributed by atoms with Crippen molar-refractivity contribution in [3.63, 3.8) is 0 Å². The maximum Gasteiger partial charge on any atom is 0.109 e. The van der Waals surface area contributed by atoms with Gasteiger partial charge in [-0.05, 0) is 0 Å². The fourth-order valence-corrected chi connectivity index (χ4v) is 2.47. The summed E-state index contributed by atoms with van der Waals surface area (Å²) in [5.41, 5.74) is 0. The third kappa shape index (κ3) is 4.20. The van der Waals surface area contributed by atoms with Crippen molar-refractivity contribution in [1.82, 2.24) is 0 Å². The summed E-state index contributed by atoms with van der Waals surface area (Å²) < 4.78 is 0. The summed E-state index contributed by atoms with van der Waals surface area (Å²) in [5, 5.41) is 0.678. The fraction of sp³-hybridized carbons (Fsp3) is 1.00. The molecule has 0 aromatic carbocycles. The minimum absolute atomic E-state index is 0.678. The second-order valence-corrected chi connectivity index (χ2v) is 5.14. The molecule has 0 spiro atoms. The lowest BCUT2D eigenvalue weighted by molar-refractivity contribution is 0.398. The lowest BCUT2D eigenvalue weighted by Crippen LogP contribution is -2.12. The van der Waals surface area contributed by atoms with Gasteiger partial charge >= 0.3 is 0 Å². The van der Waals surface area contributed by atoms with Crippen molar-refractivity contribution in [3.05, 3.63) is 0 Å². The molecular weight excluding hydrogens is 155 g/mol. The average Bonchev–Trinajstić information content (AvgIpc) is 2.16. The van der Waals surface area contributed by atoms with E-state index in [1.807, 2.05) is 0 Å². The second kappa shape index (κ2) is 5.72. The van der Waals surface area contributed by atoms with E-state index < -0.39 is 0 Å². The zero-order valence-corrected chi connectivity index (χ0v) is 9.57. The van der Waals surface area contributed by atoms with E-state index in [1.165, 1.54) is 64.2 Å². The van der Waals surface area contributed by atoms with E-state index >= 15 is 0 Å². The lowest BCUT2D eigenvalue weighted by Gasteiger charge is -2.29. The van der Waals surface area contributed by atoms with Crippen molar-refractivity contribution in [3.8, 4) is 0 Å². The van der Waals surface area contributed by atoms with Crippen LogP contribution in [-0.4, -0.2) is 7.85 Å². The molecule has 13 heavy (non-hydrogen) atoms. The summed E-state index contributed by atoms with van der Waals surface area (Å²) in [5.74, 6) is 0. The standard InChI is InChI=1S/C12H25B/c1-2-12(13)10-8-6-4-3-5-7-9-11-12/h2-11,13H2,1H3. The quantitative estimate of drug-likeness (QED) is 0.539. The van der Waals surface area contributed by atoms with E-state index in [9.17, 15) is 0 Å². The molecule has 0 aliphatic heterocycles.